The van der Waals surface area contributed by atoms with Gasteiger partial charge >= 0.3 is 0 Å². The molecule has 1 saturated heterocycles. The van der Waals surface area contributed by atoms with Crippen LogP contribution in [0.15, 0.2) is 36.4 Å². The second-order valence-corrected chi connectivity index (χ2v) is 8.07. The number of piperidine rings is 1. The number of benzene rings is 2. The van der Waals surface area contributed by atoms with Crippen LogP contribution in [0.3, 0.4) is 0 Å². The molecule has 1 amide bonds. The Balaban J connectivity index is 1.72. The van der Waals surface area contributed by atoms with Crippen LogP contribution in [-0.4, -0.2) is 56.4 Å². The summed E-state index contributed by atoms with van der Waals surface area (Å²) in [5.74, 6) is 2.05. The zero-order valence-electron chi connectivity index (χ0n) is 19.5. The van der Waals surface area contributed by atoms with Crippen LogP contribution in [0, 0.1) is 0 Å². The number of nitrogens with zero attached hydrogens (tertiary/aromatic N) is 2. The normalized spacial score (nSPS) is 14.8. The first-order valence-corrected chi connectivity index (χ1v) is 11.1. The van der Waals surface area contributed by atoms with E-state index in [4.69, 9.17) is 14.2 Å². The average molecular weight is 443 g/mol. The van der Waals surface area contributed by atoms with Gasteiger partial charge in [0.25, 0.3) is 0 Å². The third kappa shape index (κ3) is 5.46. The number of ether oxygens (including phenoxy) is 3. The quantitative estimate of drug-likeness (QED) is 0.627. The Morgan fingerprint density at radius 3 is 2.31 bits per heavy atom. The fourth-order valence-electron chi connectivity index (χ4n) is 4.28. The fourth-order valence-corrected chi connectivity index (χ4v) is 4.28. The van der Waals surface area contributed by atoms with Crippen molar-refractivity contribution in [3.63, 3.8) is 0 Å². The number of rotatable bonds is 9. The third-order valence-electron chi connectivity index (χ3n) is 5.95. The molecule has 0 atom stereocenters. The summed E-state index contributed by atoms with van der Waals surface area (Å²) in [5, 5.41) is 9.82. The number of methoxy groups -OCH3 is 3. The second-order valence-electron chi connectivity index (χ2n) is 8.07. The van der Waals surface area contributed by atoms with Gasteiger partial charge in [-0.2, -0.15) is 0 Å². The van der Waals surface area contributed by atoms with Crippen molar-refractivity contribution in [2.24, 2.45) is 0 Å². The Labute approximate surface area is 190 Å². The monoisotopic (exact) mass is 442 g/mol. The van der Waals surface area contributed by atoms with Gasteiger partial charge in [0.1, 0.15) is 0 Å². The van der Waals surface area contributed by atoms with Crippen molar-refractivity contribution in [3.05, 3.63) is 42.0 Å². The minimum Gasteiger partial charge on any atom is -0.504 e. The SMILES string of the molecule is CCCC(=O)N(c1ccc(OC)c(OC)c1)C1CCN(Cc2ccc(O)c(OC)c2)CC1. The first kappa shape index (κ1) is 23.7. The molecular weight excluding hydrogens is 408 g/mol. The Kier molecular flexibility index (Phi) is 8.22. The standard InChI is InChI=1S/C25H34N2O5/c1-5-6-25(29)27(20-8-10-22(30-2)24(16-20)32-4)19-11-13-26(14-12-19)17-18-7-9-21(28)23(15-18)31-3/h7-10,15-16,19,28H,5-6,11-14,17H2,1-4H3. The van der Waals surface area contributed by atoms with Crippen molar-refractivity contribution in [2.45, 2.75) is 45.2 Å². The van der Waals surface area contributed by atoms with Gasteiger partial charge in [0.05, 0.1) is 21.3 Å². The molecule has 1 fully saturated rings. The Morgan fingerprint density at radius 1 is 1.00 bits per heavy atom. The second kappa shape index (κ2) is 11.1. The van der Waals surface area contributed by atoms with Crippen LogP contribution in [0.1, 0.15) is 38.2 Å². The molecule has 7 nitrogen and oxygen atoms in total. The van der Waals surface area contributed by atoms with Gasteiger partial charge in [0, 0.05) is 43.9 Å². The zero-order chi connectivity index (χ0) is 23.1. The summed E-state index contributed by atoms with van der Waals surface area (Å²) in [6.45, 7) is 4.58. The maximum atomic E-state index is 13.1. The molecular formula is C25H34N2O5. The summed E-state index contributed by atoms with van der Waals surface area (Å²) in [6.07, 6.45) is 3.10. The molecule has 1 heterocycles. The van der Waals surface area contributed by atoms with Crippen LogP contribution in [0.2, 0.25) is 0 Å². The number of phenols is 1. The van der Waals surface area contributed by atoms with E-state index in [1.165, 1.54) is 0 Å². The van der Waals surface area contributed by atoms with Crippen LogP contribution in [-0.2, 0) is 11.3 Å². The Bertz CT molecular complexity index is 909. The largest absolute Gasteiger partial charge is 0.504 e. The van der Waals surface area contributed by atoms with Crippen molar-refractivity contribution < 1.29 is 24.1 Å². The van der Waals surface area contributed by atoms with Crippen molar-refractivity contribution >= 4 is 11.6 Å². The number of carbonyl (C=O) groups excluding carboxylic acids is 1. The van der Waals surface area contributed by atoms with Gasteiger partial charge < -0.3 is 24.2 Å². The lowest BCUT2D eigenvalue weighted by Crippen LogP contribution is -2.47. The highest BCUT2D eigenvalue weighted by atomic mass is 16.5. The molecule has 32 heavy (non-hydrogen) atoms. The molecule has 1 aliphatic rings. The van der Waals surface area contributed by atoms with Crippen LogP contribution >= 0.6 is 0 Å². The lowest BCUT2D eigenvalue weighted by Gasteiger charge is -2.39. The summed E-state index contributed by atoms with van der Waals surface area (Å²) < 4.78 is 16.0. The van der Waals surface area contributed by atoms with Crippen LogP contribution in [0.4, 0.5) is 5.69 Å². The van der Waals surface area contributed by atoms with Crippen molar-refractivity contribution in [1.82, 2.24) is 4.90 Å². The predicted molar refractivity (Wildman–Crippen MR) is 125 cm³/mol. The van der Waals surface area contributed by atoms with E-state index >= 15 is 0 Å². The van der Waals surface area contributed by atoms with E-state index in [9.17, 15) is 9.90 Å². The predicted octanol–water partition coefficient (Wildman–Crippen LogP) is 4.22. The van der Waals surface area contributed by atoms with Gasteiger partial charge in [0.15, 0.2) is 23.0 Å². The lowest BCUT2D eigenvalue weighted by atomic mass is 10.0. The summed E-state index contributed by atoms with van der Waals surface area (Å²) >= 11 is 0. The highest BCUT2D eigenvalue weighted by Gasteiger charge is 2.29. The number of amides is 1. The Morgan fingerprint density at radius 2 is 1.69 bits per heavy atom. The minimum absolute atomic E-state index is 0.137. The van der Waals surface area contributed by atoms with Crippen LogP contribution in [0.25, 0.3) is 0 Å². The van der Waals surface area contributed by atoms with E-state index in [2.05, 4.69) is 4.90 Å². The van der Waals surface area contributed by atoms with Crippen molar-refractivity contribution in [2.75, 3.05) is 39.3 Å². The third-order valence-corrected chi connectivity index (χ3v) is 5.95. The smallest absolute Gasteiger partial charge is 0.227 e. The zero-order valence-corrected chi connectivity index (χ0v) is 19.5. The number of hydrogen-bond acceptors (Lipinski definition) is 6. The van der Waals surface area contributed by atoms with Gasteiger partial charge in [-0.15, -0.1) is 0 Å². The molecule has 0 radical (unpaired) electrons. The molecule has 1 N–H and O–H groups in total. The number of likely N-dealkylation sites (tertiary alicyclic amines) is 1. The highest BCUT2D eigenvalue weighted by molar-refractivity contribution is 5.94. The molecule has 174 valence electrons. The summed E-state index contributed by atoms with van der Waals surface area (Å²) in [7, 11) is 4.77. The first-order chi connectivity index (χ1) is 15.5. The summed E-state index contributed by atoms with van der Waals surface area (Å²) in [6, 6.07) is 11.3. The number of carbonyl (C=O) groups is 1. The Hall–Kier alpha value is -2.93. The molecule has 2 aromatic carbocycles. The lowest BCUT2D eigenvalue weighted by molar-refractivity contribution is -0.119. The van der Waals surface area contributed by atoms with Gasteiger partial charge in [-0.25, -0.2) is 0 Å². The maximum Gasteiger partial charge on any atom is 0.227 e. The summed E-state index contributed by atoms with van der Waals surface area (Å²) in [5.41, 5.74) is 1.94. The van der Waals surface area contributed by atoms with Gasteiger partial charge in [-0.05, 0) is 49.1 Å². The molecule has 0 aliphatic carbocycles. The molecule has 1 aliphatic heterocycles. The number of aromatic hydroxyl groups is 1. The molecule has 0 saturated carbocycles. The molecule has 0 unspecified atom stereocenters. The molecule has 3 rings (SSSR count). The van der Waals surface area contributed by atoms with Crippen LogP contribution in [0.5, 0.6) is 23.0 Å². The molecule has 2 aromatic rings. The molecule has 0 aromatic heterocycles. The molecule has 7 heteroatoms. The van der Waals surface area contributed by atoms with Crippen LogP contribution < -0.4 is 19.1 Å². The fraction of sp³-hybridized carbons (Fsp3) is 0.480. The first-order valence-electron chi connectivity index (χ1n) is 11.1. The van der Waals surface area contributed by atoms with Crippen molar-refractivity contribution in [1.29, 1.82) is 0 Å². The van der Waals surface area contributed by atoms with E-state index in [0.29, 0.717) is 23.7 Å². The molecule has 0 bridgehead atoms. The van der Waals surface area contributed by atoms with E-state index < -0.39 is 0 Å². The number of phenolic OH excluding ortho intramolecular Hbond substituents is 1. The van der Waals surface area contributed by atoms with Gasteiger partial charge in [-0.3, -0.25) is 9.69 Å². The highest BCUT2D eigenvalue weighted by Crippen LogP contribution is 2.34. The van der Waals surface area contributed by atoms with E-state index in [-0.39, 0.29) is 17.7 Å². The minimum atomic E-state index is 0.137. The number of anilines is 1. The number of hydrogen-bond donors (Lipinski definition) is 1. The van der Waals surface area contributed by atoms with Crippen molar-refractivity contribution in [3.8, 4) is 23.0 Å². The van der Waals surface area contributed by atoms with Gasteiger partial charge in [-0.1, -0.05) is 13.0 Å². The van der Waals surface area contributed by atoms with Gasteiger partial charge in [0.2, 0.25) is 5.91 Å². The van der Waals surface area contributed by atoms with E-state index in [1.54, 1.807) is 27.4 Å². The van der Waals surface area contributed by atoms with E-state index in [1.807, 2.05) is 42.2 Å². The maximum absolute atomic E-state index is 13.1. The molecule has 0 spiro atoms. The topological polar surface area (TPSA) is 71.5 Å². The summed E-state index contributed by atoms with van der Waals surface area (Å²) in [4.78, 5) is 17.4. The van der Waals surface area contributed by atoms with E-state index in [0.717, 1.165) is 50.1 Å². The average Bonchev–Trinajstić information content (AvgIpc) is 2.81.